The highest BCUT2D eigenvalue weighted by Crippen LogP contribution is 2.29. The summed E-state index contributed by atoms with van der Waals surface area (Å²) in [5.41, 5.74) is 0.109. The van der Waals surface area contributed by atoms with Crippen LogP contribution in [0.4, 0.5) is 13.2 Å². The number of allylic oxidation sites excluding steroid dienone is 6. The third-order valence-electron chi connectivity index (χ3n) is 1.79. The molecule has 0 fully saturated rings. The van der Waals surface area contributed by atoms with E-state index in [0.29, 0.717) is 18.4 Å². The average molecular weight is 188 g/mol. The molecule has 1 rings (SSSR count). The normalized spacial score (nSPS) is 26.8. The average Bonchev–Trinajstić information content (AvgIpc) is 1.94. The Morgan fingerprint density at radius 3 is 2.54 bits per heavy atom. The molecule has 0 atom stereocenters. The maximum Gasteiger partial charge on any atom is 0.416 e. The van der Waals surface area contributed by atoms with Gasteiger partial charge in [-0.3, -0.25) is 0 Å². The second-order valence-corrected chi connectivity index (χ2v) is 3.03. The van der Waals surface area contributed by atoms with Gasteiger partial charge in [0.2, 0.25) is 0 Å². The van der Waals surface area contributed by atoms with Crippen LogP contribution in [0.15, 0.2) is 35.5 Å². The molecule has 0 aromatic rings. The lowest BCUT2D eigenvalue weighted by Gasteiger charge is -2.09. The van der Waals surface area contributed by atoms with Gasteiger partial charge in [0.15, 0.2) is 0 Å². The molecule has 0 N–H and O–H groups in total. The second kappa shape index (κ2) is 3.81. The number of halogens is 3. The molecule has 13 heavy (non-hydrogen) atoms. The van der Waals surface area contributed by atoms with Crippen molar-refractivity contribution in [2.75, 3.05) is 0 Å². The molecule has 72 valence electrons. The predicted octanol–water partition coefficient (Wildman–Crippen LogP) is 3.77. The molecule has 0 aromatic heterocycles. The summed E-state index contributed by atoms with van der Waals surface area (Å²) in [5.74, 6) is 0. The summed E-state index contributed by atoms with van der Waals surface area (Å²) in [4.78, 5) is 0. The molecule has 0 unspecified atom stereocenters. The highest BCUT2D eigenvalue weighted by Gasteiger charge is 2.31. The first-order valence-corrected chi connectivity index (χ1v) is 4.12. The van der Waals surface area contributed by atoms with Gasteiger partial charge in [-0.25, -0.2) is 0 Å². The Hall–Kier alpha value is -0.990. The van der Waals surface area contributed by atoms with Crippen molar-refractivity contribution < 1.29 is 13.2 Å². The van der Waals surface area contributed by atoms with Gasteiger partial charge in [0.25, 0.3) is 0 Å². The second-order valence-electron chi connectivity index (χ2n) is 3.03. The minimum atomic E-state index is -4.22. The molecular weight excluding hydrogens is 177 g/mol. The van der Waals surface area contributed by atoms with Crippen molar-refractivity contribution in [1.29, 1.82) is 0 Å². The zero-order valence-corrected chi connectivity index (χ0v) is 7.36. The molecule has 0 aromatic carbocycles. The van der Waals surface area contributed by atoms with E-state index < -0.39 is 11.7 Å². The van der Waals surface area contributed by atoms with Crippen LogP contribution < -0.4 is 0 Å². The maximum absolute atomic E-state index is 12.3. The quantitative estimate of drug-likeness (QED) is 0.542. The first-order valence-electron chi connectivity index (χ1n) is 4.12. The van der Waals surface area contributed by atoms with E-state index in [1.54, 1.807) is 13.0 Å². The molecule has 0 radical (unpaired) electrons. The predicted molar refractivity (Wildman–Crippen MR) is 46.3 cm³/mol. The molecule has 0 saturated carbocycles. The van der Waals surface area contributed by atoms with Crippen molar-refractivity contribution in [3.63, 3.8) is 0 Å². The van der Waals surface area contributed by atoms with Crippen LogP contribution in [-0.4, -0.2) is 6.18 Å². The van der Waals surface area contributed by atoms with Crippen LogP contribution in [0.3, 0.4) is 0 Å². The van der Waals surface area contributed by atoms with E-state index in [1.165, 1.54) is 12.2 Å². The topological polar surface area (TPSA) is 0 Å². The third kappa shape index (κ3) is 3.09. The third-order valence-corrected chi connectivity index (χ3v) is 1.79. The monoisotopic (exact) mass is 188 g/mol. The van der Waals surface area contributed by atoms with Crippen molar-refractivity contribution in [3.8, 4) is 0 Å². The minimum absolute atomic E-state index is 0.453. The van der Waals surface area contributed by atoms with Crippen LogP contribution in [-0.2, 0) is 0 Å². The summed E-state index contributed by atoms with van der Waals surface area (Å²) in [6, 6.07) is 0. The Labute approximate surface area is 75.4 Å². The summed E-state index contributed by atoms with van der Waals surface area (Å²) in [7, 11) is 0. The number of hydrogen-bond acceptors (Lipinski definition) is 0. The van der Waals surface area contributed by atoms with Gasteiger partial charge in [-0.15, -0.1) is 0 Å². The SMILES string of the molecule is C/C1=C/C(C(F)(F)F)=C\CCC=C1. The van der Waals surface area contributed by atoms with Crippen LogP contribution in [0.5, 0.6) is 0 Å². The minimum Gasteiger partial charge on any atom is -0.166 e. The van der Waals surface area contributed by atoms with E-state index in [2.05, 4.69) is 0 Å². The Morgan fingerprint density at radius 1 is 1.23 bits per heavy atom. The summed E-state index contributed by atoms with van der Waals surface area (Å²) in [6.07, 6.45) is 2.93. The molecule has 0 saturated heterocycles. The van der Waals surface area contributed by atoms with Gasteiger partial charge in [0, 0.05) is 0 Å². The lowest BCUT2D eigenvalue weighted by Crippen LogP contribution is -2.10. The molecule has 0 heterocycles. The van der Waals surface area contributed by atoms with E-state index in [0.717, 1.165) is 0 Å². The van der Waals surface area contributed by atoms with Gasteiger partial charge < -0.3 is 0 Å². The van der Waals surface area contributed by atoms with Crippen LogP contribution in [0.2, 0.25) is 0 Å². The van der Waals surface area contributed by atoms with E-state index >= 15 is 0 Å². The van der Waals surface area contributed by atoms with Crippen LogP contribution >= 0.6 is 0 Å². The fourth-order valence-electron chi connectivity index (χ4n) is 1.15. The zero-order chi connectivity index (χ0) is 9.90. The summed E-state index contributed by atoms with van der Waals surface area (Å²) >= 11 is 0. The van der Waals surface area contributed by atoms with E-state index in [1.807, 2.05) is 6.08 Å². The molecule has 1 aliphatic carbocycles. The summed E-state index contributed by atoms with van der Waals surface area (Å²) in [5, 5.41) is 0. The number of hydrogen-bond donors (Lipinski definition) is 0. The molecule has 0 spiro atoms. The van der Waals surface area contributed by atoms with Crippen LogP contribution in [0.1, 0.15) is 19.8 Å². The van der Waals surface area contributed by atoms with E-state index in [9.17, 15) is 13.2 Å². The molecule has 1 aliphatic rings. The molecule has 3 heteroatoms. The van der Waals surface area contributed by atoms with Crippen molar-refractivity contribution in [1.82, 2.24) is 0 Å². The lowest BCUT2D eigenvalue weighted by molar-refractivity contribution is -0.0885. The van der Waals surface area contributed by atoms with Gasteiger partial charge in [-0.2, -0.15) is 13.2 Å². The summed E-state index contributed by atoms with van der Waals surface area (Å²) < 4.78 is 36.9. The zero-order valence-electron chi connectivity index (χ0n) is 7.36. The van der Waals surface area contributed by atoms with Gasteiger partial charge >= 0.3 is 6.18 Å². The first kappa shape index (κ1) is 10.1. The first-order chi connectivity index (χ1) is 6.00. The van der Waals surface area contributed by atoms with Crippen LogP contribution in [0, 0.1) is 0 Å². The summed E-state index contributed by atoms with van der Waals surface area (Å²) in [6.45, 7) is 1.67. The number of alkyl halides is 3. The smallest absolute Gasteiger partial charge is 0.166 e. The molecule has 0 bridgehead atoms. The standard InChI is InChI=1S/C10H11F3/c1-8-5-3-2-4-6-9(7-8)10(11,12)13/h3,5-7H,2,4H2,1H3/b5-3?,8-7-,9-6+. The van der Waals surface area contributed by atoms with E-state index in [4.69, 9.17) is 0 Å². The molecule has 0 amide bonds. The number of rotatable bonds is 0. The molecule has 0 nitrogen and oxygen atoms in total. The Morgan fingerprint density at radius 2 is 1.92 bits per heavy atom. The largest absolute Gasteiger partial charge is 0.416 e. The van der Waals surface area contributed by atoms with Crippen molar-refractivity contribution in [2.24, 2.45) is 0 Å². The highest BCUT2D eigenvalue weighted by atomic mass is 19.4. The van der Waals surface area contributed by atoms with Gasteiger partial charge in [0.05, 0.1) is 5.57 Å². The molecule has 0 aliphatic heterocycles. The van der Waals surface area contributed by atoms with Crippen molar-refractivity contribution >= 4 is 0 Å². The Balaban J connectivity index is 2.95. The van der Waals surface area contributed by atoms with Crippen LogP contribution in [0.25, 0.3) is 0 Å². The Bertz CT molecular complexity index is 266. The lowest BCUT2D eigenvalue weighted by atomic mass is 10.1. The Kier molecular flexibility index (Phi) is 2.96. The van der Waals surface area contributed by atoms with Gasteiger partial charge in [-0.05, 0) is 25.8 Å². The molecular formula is C10H11F3. The maximum atomic E-state index is 12.3. The van der Waals surface area contributed by atoms with Gasteiger partial charge in [-0.1, -0.05) is 23.8 Å². The van der Waals surface area contributed by atoms with Crippen molar-refractivity contribution in [3.05, 3.63) is 35.5 Å². The fraction of sp³-hybridized carbons (Fsp3) is 0.400. The van der Waals surface area contributed by atoms with Crippen molar-refractivity contribution in [2.45, 2.75) is 25.9 Å². The van der Waals surface area contributed by atoms with Gasteiger partial charge in [0.1, 0.15) is 0 Å². The highest BCUT2D eigenvalue weighted by molar-refractivity contribution is 5.33. The van der Waals surface area contributed by atoms with E-state index in [-0.39, 0.29) is 0 Å². The fourth-order valence-corrected chi connectivity index (χ4v) is 1.15.